The summed E-state index contributed by atoms with van der Waals surface area (Å²) >= 11 is 0. The Morgan fingerprint density at radius 1 is 1.43 bits per heavy atom. The largest absolute Gasteiger partial charge is 0.395 e. The highest BCUT2D eigenvalue weighted by Gasteiger charge is 2.24. The molecule has 3 rings (SSSR count). The van der Waals surface area contributed by atoms with E-state index >= 15 is 0 Å². The zero-order chi connectivity index (χ0) is 16.6. The minimum atomic E-state index is -0.0569. The molecule has 0 spiro atoms. The van der Waals surface area contributed by atoms with Gasteiger partial charge >= 0.3 is 0 Å². The summed E-state index contributed by atoms with van der Waals surface area (Å²) in [5, 5.41) is 12.8. The molecule has 2 atom stereocenters. The maximum atomic E-state index is 9.41. The predicted octanol–water partition coefficient (Wildman–Crippen LogP) is 1.68. The van der Waals surface area contributed by atoms with Crippen molar-refractivity contribution in [1.82, 2.24) is 19.9 Å². The minimum absolute atomic E-state index is 0.0493. The van der Waals surface area contributed by atoms with Gasteiger partial charge in [-0.2, -0.15) is 0 Å². The minimum Gasteiger partial charge on any atom is -0.395 e. The Bertz CT molecular complexity index is 690. The van der Waals surface area contributed by atoms with Crippen molar-refractivity contribution in [2.45, 2.75) is 44.7 Å². The molecule has 2 aromatic heterocycles. The zero-order valence-electron chi connectivity index (χ0n) is 14.3. The first-order chi connectivity index (χ1) is 10.9. The zero-order valence-corrected chi connectivity index (χ0v) is 14.3. The number of hydrogen-bond acceptors (Lipinski definition) is 5. The van der Waals surface area contributed by atoms with E-state index in [0.29, 0.717) is 13.2 Å². The molecule has 2 N–H and O–H groups in total. The van der Waals surface area contributed by atoms with Gasteiger partial charge in [-0.3, -0.25) is 4.98 Å². The van der Waals surface area contributed by atoms with Crippen LogP contribution in [0.25, 0.3) is 11.2 Å². The van der Waals surface area contributed by atoms with Crippen LogP contribution in [0.5, 0.6) is 0 Å². The molecule has 2 aromatic rings. The van der Waals surface area contributed by atoms with E-state index in [1.807, 2.05) is 13.2 Å². The second kappa shape index (κ2) is 6.19. The molecule has 1 fully saturated rings. The molecule has 0 aliphatic carbocycles. The summed E-state index contributed by atoms with van der Waals surface area (Å²) in [7, 11) is 2.04. The molecule has 0 radical (unpaired) electrons. The van der Waals surface area contributed by atoms with Gasteiger partial charge in [-0.15, -0.1) is 0 Å². The van der Waals surface area contributed by atoms with Crippen LogP contribution in [0.15, 0.2) is 12.3 Å². The molecule has 1 aliphatic heterocycles. The fourth-order valence-corrected chi connectivity index (χ4v) is 3.16. The second-order valence-corrected chi connectivity index (χ2v) is 7.30. The SMILES string of the molecule is Cn1c(C(C)(C)C)cc2ncc(C3CCOCC(CO)N3)nc21. The van der Waals surface area contributed by atoms with Crippen LogP contribution in [0, 0.1) is 0 Å². The lowest BCUT2D eigenvalue weighted by Gasteiger charge is -2.20. The maximum absolute atomic E-state index is 9.41. The molecule has 0 amide bonds. The van der Waals surface area contributed by atoms with Crippen LogP contribution in [0.1, 0.15) is 44.6 Å². The van der Waals surface area contributed by atoms with Gasteiger partial charge in [0.1, 0.15) is 5.52 Å². The Morgan fingerprint density at radius 3 is 2.91 bits per heavy atom. The molecule has 0 bridgehead atoms. The second-order valence-electron chi connectivity index (χ2n) is 7.30. The van der Waals surface area contributed by atoms with E-state index in [-0.39, 0.29) is 24.1 Å². The number of ether oxygens (including phenoxy) is 1. The van der Waals surface area contributed by atoms with Gasteiger partial charge in [0.05, 0.1) is 37.2 Å². The van der Waals surface area contributed by atoms with Crippen molar-refractivity contribution in [2.24, 2.45) is 7.05 Å². The number of nitrogens with zero attached hydrogens (tertiary/aromatic N) is 3. The molecule has 1 saturated heterocycles. The standard InChI is InChI=1S/C17H26N4O2/c1-17(2,3)15-7-13-16(21(15)4)20-14(8-18-13)12-5-6-23-10-11(9-22)19-12/h7-8,11-12,19,22H,5-6,9-10H2,1-4H3. The number of hydrogen-bond donors (Lipinski definition) is 2. The lowest BCUT2D eigenvalue weighted by molar-refractivity contribution is 0.109. The van der Waals surface area contributed by atoms with Crippen LogP contribution >= 0.6 is 0 Å². The van der Waals surface area contributed by atoms with Gasteiger partial charge in [-0.05, 0) is 12.5 Å². The molecule has 126 valence electrons. The number of nitrogens with one attached hydrogen (secondary N) is 1. The Balaban J connectivity index is 1.97. The van der Waals surface area contributed by atoms with E-state index < -0.39 is 0 Å². The molecule has 1 aliphatic rings. The number of aliphatic hydroxyl groups excluding tert-OH is 1. The van der Waals surface area contributed by atoms with Crippen LogP contribution in [0.2, 0.25) is 0 Å². The monoisotopic (exact) mass is 318 g/mol. The molecule has 6 heteroatoms. The number of fused-ring (bicyclic) bond motifs is 1. The van der Waals surface area contributed by atoms with E-state index in [1.54, 1.807) is 0 Å². The third-order valence-corrected chi connectivity index (χ3v) is 4.41. The van der Waals surface area contributed by atoms with Gasteiger partial charge < -0.3 is 19.7 Å². The van der Waals surface area contributed by atoms with Crippen LogP contribution in [0.3, 0.4) is 0 Å². The van der Waals surface area contributed by atoms with Crippen LogP contribution < -0.4 is 5.32 Å². The van der Waals surface area contributed by atoms with Gasteiger partial charge in [0.15, 0.2) is 5.65 Å². The summed E-state index contributed by atoms with van der Waals surface area (Å²) in [6, 6.07) is 2.12. The average Bonchev–Trinajstić information content (AvgIpc) is 2.71. The summed E-state index contributed by atoms with van der Waals surface area (Å²) < 4.78 is 7.66. The van der Waals surface area contributed by atoms with Gasteiger partial charge in [0.25, 0.3) is 0 Å². The van der Waals surface area contributed by atoms with E-state index in [2.05, 4.69) is 41.7 Å². The third kappa shape index (κ3) is 3.24. The van der Waals surface area contributed by atoms with Crippen molar-refractivity contribution in [1.29, 1.82) is 0 Å². The summed E-state index contributed by atoms with van der Waals surface area (Å²) in [6.45, 7) is 7.83. The first kappa shape index (κ1) is 16.4. The van der Waals surface area contributed by atoms with Gasteiger partial charge in [0.2, 0.25) is 0 Å². The fraction of sp³-hybridized carbons (Fsp3) is 0.647. The van der Waals surface area contributed by atoms with Crippen LogP contribution in [0.4, 0.5) is 0 Å². The van der Waals surface area contributed by atoms with Crippen LogP contribution in [-0.2, 0) is 17.2 Å². The van der Waals surface area contributed by atoms with Crippen molar-refractivity contribution in [3.05, 3.63) is 23.7 Å². The molecule has 0 aromatic carbocycles. The number of aryl methyl sites for hydroxylation is 1. The average molecular weight is 318 g/mol. The molecule has 23 heavy (non-hydrogen) atoms. The first-order valence-electron chi connectivity index (χ1n) is 8.17. The lowest BCUT2D eigenvalue weighted by Crippen LogP contribution is -2.37. The quantitative estimate of drug-likeness (QED) is 0.881. The summed E-state index contributed by atoms with van der Waals surface area (Å²) in [6.07, 6.45) is 2.67. The normalized spacial score (nSPS) is 23.2. The summed E-state index contributed by atoms with van der Waals surface area (Å²) in [5.74, 6) is 0. The molecule has 2 unspecified atom stereocenters. The maximum Gasteiger partial charge on any atom is 0.158 e. The van der Waals surface area contributed by atoms with Crippen molar-refractivity contribution in [3.8, 4) is 0 Å². The fourth-order valence-electron chi connectivity index (χ4n) is 3.16. The van der Waals surface area contributed by atoms with Crippen molar-refractivity contribution < 1.29 is 9.84 Å². The van der Waals surface area contributed by atoms with E-state index in [9.17, 15) is 5.11 Å². The number of aliphatic hydroxyl groups is 1. The smallest absolute Gasteiger partial charge is 0.158 e. The highest BCUT2D eigenvalue weighted by molar-refractivity contribution is 5.73. The Labute approximate surface area is 136 Å². The van der Waals surface area contributed by atoms with Gasteiger partial charge in [-0.1, -0.05) is 20.8 Å². The lowest BCUT2D eigenvalue weighted by atomic mass is 9.92. The van der Waals surface area contributed by atoms with Crippen molar-refractivity contribution >= 4 is 11.2 Å². The molecule has 0 saturated carbocycles. The van der Waals surface area contributed by atoms with E-state index in [4.69, 9.17) is 9.72 Å². The Hall–Kier alpha value is -1.50. The Kier molecular flexibility index (Phi) is 4.40. The summed E-state index contributed by atoms with van der Waals surface area (Å²) in [5.41, 5.74) is 4.00. The molecule has 3 heterocycles. The van der Waals surface area contributed by atoms with E-state index in [1.165, 1.54) is 5.69 Å². The highest BCUT2D eigenvalue weighted by Crippen LogP contribution is 2.28. The van der Waals surface area contributed by atoms with Crippen molar-refractivity contribution in [3.63, 3.8) is 0 Å². The van der Waals surface area contributed by atoms with Crippen molar-refractivity contribution in [2.75, 3.05) is 19.8 Å². The third-order valence-electron chi connectivity index (χ3n) is 4.41. The van der Waals surface area contributed by atoms with Gasteiger partial charge in [-0.25, -0.2) is 4.98 Å². The van der Waals surface area contributed by atoms with Crippen LogP contribution in [-0.4, -0.2) is 45.5 Å². The van der Waals surface area contributed by atoms with Gasteiger partial charge in [0, 0.05) is 24.8 Å². The summed E-state index contributed by atoms with van der Waals surface area (Å²) in [4.78, 5) is 9.45. The topological polar surface area (TPSA) is 72.2 Å². The highest BCUT2D eigenvalue weighted by atomic mass is 16.5. The molecular weight excluding hydrogens is 292 g/mol. The Morgan fingerprint density at radius 2 is 2.22 bits per heavy atom. The van der Waals surface area contributed by atoms with E-state index in [0.717, 1.165) is 23.3 Å². The molecular formula is C17H26N4O2. The number of rotatable bonds is 2. The number of aromatic nitrogens is 3. The first-order valence-corrected chi connectivity index (χ1v) is 8.17. The molecule has 6 nitrogen and oxygen atoms in total. The predicted molar refractivity (Wildman–Crippen MR) is 89.4 cm³/mol.